The van der Waals surface area contributed by atoms with Gasteiger partial charge in [-0.15, -0.1) is 0 Å². The van der Waals surface area contributed by atoms with Crippen molar-refractivity contribution in [3.8, 4) is 5.75 Å². The Bertz CT molecular complexity index is 461. The molecule has 0 aromatic heterocycles. The van der Waals surface area contributed by atoms with Crippen LogP contribution in [0.15, 0.2) is 29.4 Å². The van der Waals surface area contributed by atoms with Crippen molar-refractivity contribution in [3.63, 3.8) is 0 Å². The molecule has 0 fully saturated rings. The van der Waals surface area contributed by atoms with Crippen LogP contribution in [0.25, 0.3) is 0 Å². The smallest absolute Gasteiger partial charge is 0.189 e. The molecule has 21 heavy (non-hydrogen) atoms. The second-order valence-electron chi connectivity index (χ2n) is 4.49. The van der Waals surface area contributed by atoms with Crippen LogP contribution in [0.2, 0.25) is 0 Å². The van der Waals surface area contributed by atoms with Gasteiger partial charge in [-0.05, 0) is 44.0 Å². The number of benzene rings is 1. The molecule has 1 N–H and O–H groups in total. The molecular formula is C16H24N2O3. The number of hydrogen-bond acceptors (Lipinski definition) is 5. The number of nitrogens with zero attached hydrogens (tertiary/aromatic N) is 1. The number of rotatable bonds is 9. The molecule has 1 aromatic carbocycles. The minimum absolute atomic E-state index is 0.183. The summed E-state index contributed by atoms with van der Waals surface area (Å²) in [4.78, 5) is 4.54. The molecule has 5 nitrogen and oxygen atoms in total. The van der Waals surface area contributed by atoms with Crippen LogP contribution in [0.4, 0.5) is 5.69 Å². The summed E-state index contributed by atoms with van der Waals surface area (Å²) < 4.78 is 10.9. The lowest BCUT2D eigenvalue weighted by atomic mass is 10.1. The number of oxime groups is 1. The Balaban J connectivity index is 2.53. The van der Waals surface area contributed by atoms with Crippen molar-refractivity contribution < 1.29 is 14.3 Å². The molecule has 0 aliphatic heterocycles. The largest absolute Gasteiger partial charge is 0.467 e. The second kappa shape index (κ2) is 9.83. The standard InChI is InChI=1S/C16H24N2O3/c1-5-6-7-17-15-10-13(2)16(14(3)11-15)21-12-20-9-8-18-19-4/h5-6,8,10-11,17H,7,9,12H2,1-4H3/b6-5+,18-8+. The number of aryl methyl sites for hydroxylation is 2. The summed E-state index contributed by atoms with van der Waals surface area (Å²) in [5.74, 6) is 0.857. The third-order valence-corrected chi connectivity index (χ3v) is 2.78. The van der Waals surface area contributed by atoms with Crippen molar-refractivity contribution in [2.45, 2.75) is 20.8 Å². The minimum atomic E-state index is 0.183. The monoisotopic (exact) mass is 292 g/mol. The van der Waals surface area contributed by atoms with Crippen LogP contribution < -0.4 is 10.1 Å². The summed E-state index contributed by atoms with van der Waals surface area (Å²) in [7, 11) is 1.49. The van der Waals surface area contributed by atoms with Crippen molar-refractivity contribution in [1.82, 2.24) is 0 Å². The van der Waals surface area contributed by atoms with Gasteiger partial charge < -0.3 is 19.6 Å². The van der Waals surface area contributed by atoms with Crippen LogP contribution in [0.1, 0.15) is 18.1 Å². The van der Waals surface area contributed by atoms with Crippen molar-refractivity contribution in [2.24, 2.45) is 5.16 Å². The van der Waals surface area contributed by atoms with Gasteiger partial charge in [-0.25, -0.2) is 0 Å². The molecule has 0 atom stereocenters. The normalized spacial score (nSPS) is 11.2. The lowest BCUT2D eigenvalue weighted by Crippen LogP contribution is -2.07. The van der Waals surface area contributed by atoms with E-state index in [2.05, 4.69) is 33.5 Å². The number of anilines is 1. The van der Waals surface area contributed by atoms with E-state index in [0.29, 0.717) is 6.61 Å². The zero-order valence-corrected chi connectivity index (χ0v) is 13.2. The van der Waals surface area contributed by atoms with E-state index >= 15 is 0 Å². The quantitative estimate of drug-likeness (QED) is 0.249. The Hall–Kier alpha value is -2.01. The van der Waals surface area contributed by atoms with Gasteiger partial charge in [0, 0.05) is 12.2 Å². The SMILES string of the molecule is C/C=C/CNc1cc(C)c(OCOC/C=N/OC)c(C)c1. The first-order chi connectivity index (χ1) is 10.2. The minimum Gasteiger partial charge on any atom is -0.467 e. The fourth-order valence-corrected chi connectivity index (χ4v) is 1.88. The lowest BCUT2D eigenvalue weighted by Gasteiger charge is -2.14. The maximum atomic E-state index is 5.66. The number of nitrogens with one attached hydrogen (secondary N) is 1. The van der Waals surface area contributed by atoms with Crippen LogP contribution in [0.3, 0.4) is 0 Å². The fourth-order valence-electron chi connectivity index (χ4n) is 1.88. The van der Waals surface area contributed by atoms with Gasteiger partial charge in [-0.2, -0.15) is 0 Å². The zero-order chi connectivity index (χ0) is 15.5. The molecular weight excluding hydrogens is 268 g/mol. The van der Waals surface area contributed by atoms with Gasteiger partial charge in [-0.1, -0.05) is 17.3 Å². The first kappa shape index (κ1) is 17.0. The Morgan fingerprint density at radius 2 is 1.95 bits per heavy atom. The predicted octanol–water partition coefficient (Wildman–Crippen LogP) is 3.28. The summed E-state index contributed by atoms with van der Waals surface area (Å²) in [6.07, 6.45) is 5.64. The van der Waals surface area contributed by atoms with Gasteiger partial charge in [0.05, 0.1) is 12.8 Å². The highest BCUT2D eigenvalue weighted by Crippen LogP contribution is 2.27. The van der Waals surface area contributed by atoms with Gasteiger partial charge in [0.1, 0.15) is 12.9 Å². The predicted molar refractivity (Wildman–Crippen MR) is 86.2 cm³/mol. The molecule has 0 aliphatic carbocycles. The summed E-state index contributed by atoms with van der Waals surface area (Å²) >= 11 is 0. The summed E-state index contributed by atoms with van der Waals surface area (Å²) in [5.41, 5.74) is 3.24. The van der Waals surface area contributed by atoms with Crippen LogP contribution in [-0.4, -0.2) is 33.3 Å². The average Bonchev–Trinajstić information content (AvgIpc) is 2.45. The Labute approximate surface area is 126 Å². The number of ether oxygens (including phenoxy) is 2. The molecule has 0 saturated heterocycles. The topological polar surface area (TPSA) is 52.1 Å². The second-order valence-corrected chi connectivity index (χ2v) is 4.49. The van der Waals surface area contributed by atoms with Crippen LogP contribution in [0, 0.1) is 13.8 Å². The molecule has 0 radical (unpaired) electrons. The Kier molecular flexibility index (Phi) is 7.97. The molecule has 0 heterocycles. The van der Waals surface area contributed by atoms with Crippen molar-refractivity contribution in [2.75, 3.05) is 32.4 Å². The van der Waals surface area contributed by atoms with E-state index in [0.717, 1.165) is 29.1 Å². The van der Waals surface area contributed by atoms with Crippen molar-refractivity contribution >= 4 is 11.9 Å². The molecule has 0 bridgehead atoms. The average molecular weight is 292 g/mol. The summed E-state index contributed by atoms with van der Waals surface area (Å²) in [6.45, 7) is 7.41. The number of hydrogen-bond donors (Lipinski definition) is 1. The van der Waals surface area contributed by atoms with E-state index in [1.165, 1.54) is 13.3 Å². The molecule has 116 valence electrons. The van der Waals surface area contributed by atoms with Gasteiger partial charge in [0.15, 0.2) is 6.79 Å². The van der Waals surface area contributed by atoms with Crippen molar-refractivity contribution in [3.05, 3.63) is 35.4 Å². The van der Waals surface area contributed by atoms with E-state index in [9.17, 15) is 0 Å². The molecule has 0 spiro atoms. The Morgan fingerprint density at radius 3 is 2.57 bits per heavy atom. The molecule has 0 saturated carbocycles. The molecule has 0 unspecified atom stereocenters. The lowest BCUT2D eigenvalue weighted by molar-refractivity contribution is 0.0354. The van der Waals surface area contributed by atoms with E-state index in [1.54, 1.807) is 0 Å². The highest BCUT2D eigenvalue weighted by molar-refractivity contribution is 5.57. The van der Waals surface area contributed by atoms with Crippen LogP contribution in [-0.2, 0) is 9.57 Å². The third-order valence-electron chi connectivity index (χ3n) is 2.78. The van der Waals surface area contributed by atoms with Gasteiger partial charge in [-0.3, -0.25) is 0 Å². The maximum Gasteiger partial charge on any atom is 0.189 e. The highest BCUT2D eigenvalue weighted by Gasteiger charge is 2.06. The van der Waals surface area contributed by atoms with Gasteiger partial charge in [0.2, 0.25) is 0 Å². The van der Waals surface area contributed by atoms with E-state index in [1.807, 2.05) is 26.8 Å². The third kappa shape index (κ3) is 6.31. The molecule has 0 aliphatic rings. The van der Waals surface area contributed by atoms with E-state index < -0.39 is 0 Å². The first-order valence-corrected chi connectivity index (χ1v) is 6.90. The van der Waals surface area contributed by atoms with Crippen LogP contribution >= 0.6 is 0 Å². The number of allylic oxidation sites excluding steroid dienone is 1. The molecule has 1 rings (SSSR count). The highest BCUT2D eigenvalue weighted by atomic mass is 16.7. The maximum absolute atomic E-state index is 5.66. The van der Waals surface area contributed by atoms with Gasteiger partial charge >= 0.3 is 0 Å². The zero-order valence-electron chi connectivity index (χ0n) is 13.2. The van der Waals surface area contributed by atoms with E-state index in [4.69, 9.17) is 9.47 Å². The molecule has 0 amide bonds. The van der Waals surface area contributed by atoms with Crippen LogP contribution in [0.5, 0.6) is 5.75 Å². The molecule has 5 heteroatoms. The summed E-state index contributed by atoms with van der Waals surface area (Å²) in [5, 5.41) is 6.92. The fraction of sp³-hybridized carbons (Fsp3) is 0.438. The first-order valence-electron chi connectivity index (χ1n) is 6.90. The Morgan fingerprint density at radius 1 is 1.24 bits per heavy atom. The van der Waals surface area contributed by atoms with E-state index in [-0.39, 0.29) is 6.79 Å². The summed E-state index contributed by atoms with van der Waals surface area (Å²) in [6, 6.07) is 4.14. The molecule has 1 aromatic rings. The van der Waals surface area contributed by atoms with Crippen molar-refractivity contribution in [1.29, 1.82) is 0 Å². The van der Waals surface area contributed by atoms with Gasteiger partial charge in [0.25, 0.3) is 0 Å².